The second-order valence-electron chi connectivity index (χ2n) is 3.57. The van der Waals surface area contributed by atoms with Crippen molar-refractivity contribution in [2.75, 3.05) is 13.4 Å². The number of ether oxygens (including phenoxy) is 1. The van der Waals surface area contributed by atoms with Gasteiger partial charge in [-0.2, -0.15) is 0 Å². The lowest BCUT2D eigenvalue weighted by Crippen LogP contribution is -2.08. The lowest BCUT2D eigenvalue weighted by atomic mass is 10.1. The Labute approximate surface area is 88.3 Å². The third-order valence-electron chi connectivity index (χ3n) is 2.62. The van der Waals surface area contributed by atoms with Gasteiger partial charge in [0.15, 0.2) is 0 Å². The number of rotatable bonds is 3. The Hall–Kier alpha value is -0.670. The van der Waals surface area contributed by atoms with Crippen molar-refractivity contribution in [1.82, 2.24) is 0 Å². The van der Waals surface area contributed by atoms with Gasteiger partial charge >= 0.3 is 0 Å². The molecule has 14 heavy (non-hydrogen) atoms. The predicted octanol–water partition coefficient (Wildman–Crippen LogP) is 2.40. The number of methoxy groups -OCH3 is 1. The van der Waals surface area contributed by atoms with Crippen LogP contribution in [0, 0.1) is 0 Å². The zero-order valence-corrected chi connectivity index (χ0v) is 9.23. The van der Waals surface area contributed by atoms with Gasteiger partial charge in [-0.25, -0.2) is 0 Å². The molecule has 2 rings (SSSR count). The summed E-state index contributed by atoms with van der Waals surface area (Å²) in [6.45, 7) is 0. The van der Waals surface area contributed by atoms with Crippen LogP contribution in [0.5, 0.6) is 5.75 Å². The fourth-order valence-corrected chi connectivity index (χ4v) is 2.39. The van der Waals surface area contributed by atoms with Crippen LogP contribution in [0.15, 0.2) is 23.1 Å². The van der Waals surface area contributed by atoms with Crippen LogP contribution >= 0.6 is 11.8 Å². The maximum Gasteiger partial charge on any atom is 0.126 e. The van der Waals surface area contributed by atoms with Crippen molar-refractivity contribution in [3.63, 3.8) is 0 Å². The molecule has 1 aliphatic rings. The fourth-order valence-electron chi connectivity index (χ4n) is 1.68. The van der Waals surface area contributed by atoms with E-state index in [0.717, 1.165) is 29.1 Å². The molecule has 1 aliphatic carbocycles. The van der Waals surface area contributed by atoms with Crippen LogP contribution in [0.2, 0.25) is 0 Å². The van der Waals surface area contributed by atoms with Gasteiger partial charge < -0.3 is 9.84 Å². The first kappa shape index (κ1) is 9.87. The van der Waals surface area contributed by atoms with E-state index < -0.39 is 5.60 Å². The molecule has 0 aliphatic heterocycles. The normalized spacial score (nSPS) is 17.9. The molecule has 1 aromatic carbocycles. The van der Waals surface area contributed by atoms with E-state index in [0.29, 0.717) is 0 Å². The molecule has 1 N–H and O–H groups in total. The van der Waals surface area contributed by atoms with E-state index in [1.165, 1.54) is 0 Å². The molecule has 1 aromatic rings. The Balaban J connectivity index is 2.52. The predicted molar refractivity (Wildman–Crippen MR) is 57.9 cm³/mol. The molecule has 0 bridgehead atoms. The Bertz CT molecular complexity index is 323. The molecule has 0 amide bonds. The molecule has 0 heterocycles. The van der Waals surface area contributed by atoms with Crippen LogP contribution < -0.4 is 4.74 Å². The van der Waals surface area contributed by atoms with Crippen LogP contribution in [-0.4, -0.2) is 18.5 Å². The molecule has 0 unspecified atom stereocenters. The summed E-state index contributed by atoms with van der Waals surface area (Å²) in [5.74, 6) is 0.803. The van der Waals surface area contributed by atoms with E-state index in [4.69, 9.17) is 4.74 Å². The van der Waals surface area contributed by atoms with E-state index in [2.05, 4.69) is 0 Å². The van der Waals surface area contributed by atoms with Gasteiger partial charge in [0.05, 0.1) is 12.7 Å². The average Bonchev–Trinajstić information content (AvgIpc) is 2.96. The highest BCUT2D eigenvalue weighted by Gasteiger charge is 2.45. The zero-order chi connectivity index (χ0) is 10.2. The van der Waals surface area contributed by atoms with Crippen molar-refractivity contribution >= 4 is 11.8 Å². The Kier molecular flexibility index (Phi) is 2.45. The number of thioether (sulfide) groups is 1. The topological polar surface area (TPSA) is 29.5 Å². The van der Waals surface area contributed by atoms with Crippen molar-refractivity contribution in [2.24, 2.45) is 0 Å². The molecule has 76 valence electrons. The lowest BCUT2D eigenvalue weighted by molar-refractivity contribution is 0.144. The monoisotopic (exact) mass is 210 g/mol. The van der Waals surface area contributed by atoms with Gasteiger partial charge in [0.1, 0.15) is 5.75 Å². The van der Waals surface area contributed by atoms with E-state index >= 15 is 0 Å². The van der Waals surface area contributed by atoms with Crippen molar-refractivity contribution in [3.05, 3.63) is 23.8 Å². The van der Waals surface area contributed by atoms with Gasteiger partial charge in [-0.3, -0.25) is 0 Å². The largest absolute Gasteiger partial charge is 0.496 e. The van der Waals surface area contributed by atoms with Gasteiger partial charge in [0.25, 0.3) is 0 Å². The summed E-state index contributed by atoms with van der Waals surface area (Å²) < 4.78 is 5.28. The van der Waals surface area contributed by atoms with E-state index in [1.54, 1.807) is 18.9 Å². The molecule has 3 heteroatoms. The summed E-state index contributed by atoms with van der Waals surface area (Å²) in [5.41, 5.74) is 0.348. The highest BCUT2D eigenvalue weighted by Crippen LogP contribution is 2.51. The number of hydrogen-bond donors (Lipinski definition) is 1. The average molecular weight is 210 g/mol. The van der Waals surface area contributed by atoms with Crippen LogP contribution in [0.1, 0.15) is 18.4 Å². The highest BCUT2D eigenvalue weighted by molar-refractivity contribution is 7.98. The second-order valence-corrected chi connectivity index (χ2v) is 4.42. The molecule has 0 atom stereocenters. The summed E-state index contributed by atoms with van der Waals surface area (Å²) in [4.78, 5) is 1.12. The van der Waals surface area contributed by atoms with Crippen LogP contribution in [0.4, 0.5) is 0 Å². The smallest absolute Gasteiger partial charge is 0.126 e. The standard InChI is InChI=1S/C11H14O2S/c1-13-8-4-3-5-9(14-2)10(8)11(12)6-7-11/h3-5,12H,6-7H2,1-2H3. The molecule has 0 aromatic heterocycles. The third-order valence-corrected chi connectivity index (χ3v) is 3.40. The van der Waals surface area contributed by atoms with Crippen molar-refractivity contribution < 1.29 is 9.84 Å². The van der Waals surface area contributed by atoms with Gasteiger partial charge in [0, 0.05) is 10.5 Å². The van der Waals surface area contributed by atoms with Crippen LogP contribution in [-0.2, 0) is 5.60 Å². The van der Waals surface area contributed by atoms with Gasteiger partial charge in [-0.05, 0) is 31.2 Å². The molecular weight excluding hydrogens is 196 g/mol. The zero-order valence-electron chi connectivity index (χ0n) is 8.41. The van der Waals surface area contributed by atoms with E-state index in [1.807, 2.05) is 24.5 Å². The minimum Gasteiger partial charge on any atom is -0.496 e. The SMILES string of the molecule is COc1cccc(SC)c1C1(O)CC1. The van der Waals surface area contributed by atoms with Crippen molar-refractivity contribution in [2.45, 2.75) is 23.3 Å². The third kappa shape index (κ3) is 1.51. The molecule has 0 radical (unpaired) electrons. The first-order chi connectivity index (χ1) is 6.71. The quantitative estimate of drug-likeness (QED) is 0.777. The van der Waals surface area contributed by atoms with Crippen LogP contribution in [0.3, 0.4) is 0 Å². The first-order valence-electron chi connectivity index (χ1n) is 4.65. The molecule has 0 spiro atoms. The second kappa shape index (κ2) is 3.48. The molecule has 1 fully saturated rings. The summed E-state index contributed by atoms with van der Waals surface area (Å²) in [6.07, 6.45) is 3.71. The number of benzene rings is 1. The number of aliphatic hydroxyl groups is 1. The minimum absolute atomic E-state index is 0.620. The Morgan fingerprint density at radius 1 is 1.43 bits per heavy atom. The fraction of sp³-hybridized carbons (Fsp3) is 0.455. The van der Waals surface area contributed by atoms with Crippen molar-refractivity contribution in [3.8, 4) is 5.75 Å². The molecule has 0 saturated heterocycles. The molecular formula is C11H14O2S. The van der Waals surface area contributed by atoms with Crippen LogP contribution in [0.25, 0.3) is 0 Å². The maximum absolute atomic E-state index is 10.1. The maximum atomic E-state index is 10.1. The van der Waals surface area contributed by atoms with Gasteiger partial charge in [0.2, 0.25) is 0 Å². The minimum atomic E-state index is -0.620. The first-order valence-corrected chi connectivity index (χ1v) is 5.87. The number of hydrogen-bond acceptors (Lipinski definition) is 3. The molecule has 2 nitrogen and oxygen atoms in total. The summed E-state index contributed by atoms with van der Waals surface area (Å²) in [6, 6.07) is 5.89. The van der Waals surface area contributed by atoms with Gasteiger partial charge in [-0.1, -0.05) is 6.07 Å². The van der Waals surface area contributed by atoms with E-state index in [9.17, 15) is 5.11 Å². The summed E-state index contributed by atoms with van der Waals surface area (Å²) in [5, 5.41) is 10.1. The Morgan fingerprint density at radius 3 is 2.64 bits per heavy atom. The highest BCUT2D eigenvalue weighted by atomic mass is 32.2. The Morgan fingerprint density at radius 2 is 2.14 bits per heavy atom. The molecule has 1 saturated carbocycles. The summed E-state index contributed by atoms with van der Waals surface area (Å²) in [7, 11) is 1.65. The summed E-state index contributed by atoms with van der Waals surface area (Å²) >= 11 is 1.65. The van der Waals surface area contributed by atoms with E-state index in [-0.39, 0.29) is 0 Å². The van der Waals surface area contributed by atoms with Gasteiger partial charge in [-0.15, -0.1) is 11.8 Å². The van der Waals surface area contributed by atoms with Crippen molar-refractivity contribution in [1.29, 1.82) is 0 Å². The lowest BCUT2D eigenvalue weighted by Gasteiger charge is -2.16.